The predicted octanol–water partition coefficient (Wildman–Crippen LogP) is 3.76. The summed E-state index contributed by atoms with van der Waals surface area (Å²) in [6.45, 7) is 1.00. The van der Waals surface area contributed by atoms with Crippen LogP contribution in [0.5, 0.6) is 0 Å². The molecular formula is C19H19BrN2O4S. The number of halogens is 1. The van der Waals surface area contributed by atoms with E-state index in [1.165, 1.54) is 4.31 Å². The Morgan fingerprint density at radius 3 is 2.44 bits per heavy atom. The van der Waals surface area contributed by atoms with E-state index < -0.39 is 10.0 Å². The van der Waals surface area contributed by atoms with Gasteiger partial charge in [-0.3, -0.25) is 4.90 Å². The van der Waals surface area contributed by atoms with Crippen molar-refractivity contribution in [3.8, 4) is 0 Å². The molecule has 2 aromatic rings. The Kier molecular flexibility index (Phi) is 4.96. The van der Waals surface area contributed by atoms with Crippen LogP contribution in [-0.2, 0) is 21.4 Å². The van der Waals surface area contributed by atoms with E-state index >= 15 is 0 Å². The van der Waals surface area contributed by atoms with Crippen molar-refractivity contribution in [2.45, 2.75) is 30.4 Å². The molecule has 0 unspecified atom stereocenters. The molecule has 1 amide bonds. The van der Waals surface area contributed by atoms with Crippen LogP contribution in [0.1, 0.15) is 18.4 Å². The second-order valence-electron chi connectivity index (χ2n) is 6.65. The first-order chi connectivity index (χ1) is 13.0. The summed E-state index contributed by atoms with van der Waals surface area (Å²) >= 11 is 3.44. The van der Waals surface area contributed by atoms with Crippen LogP contribution in [0.25, 0.3) is 0 Å². The van der Waals surface area contributed by atoms with Crippen molar-refractivity contribution in [1.82, 2.24) is 4.31 Å². The quantitative estimate of drug-likeness (QED) is 0.713. The average Bonchev–Trinajstić information content (AvgIpc) is 2.69. The second kappa shape index (κ2) is 7.26. The summed E-state index contributed by atoms with van der Waals surface area (Å²) in [6.07, 6.45) is 0.766. The zero-order valence-electron chi connectivity index (χ0n) is 14.5. The van der Waals surface area contributed by atoms with Gasteiger partial charge < -0.3 is 4.74 Å². The number of sulfonamides is 1. The van der Waals surface area contributed by atoms with Gasteiger partial charge in [-0.1, -0.05) is 34.1 Å². The van der Waals surface area contributed by atoms with Crippen LogP contribution in [0.2, 0.25) is 0 Å². The van der Waals surface area contributed by atoms with Gasteiger partial charge in [0, 0.05) is 29.2 Å². The molecule has 0 saturated carbocycles. The number of piperidine rings is 1. The second-order valence-corrected chi connectivity index (χ2v) is 9.50. The van der Waals surface area contributed by atoms with Crippen LogP contribution in [-0.4, -0.2) is 37.9 Å². The number of carbonyl (C=O) groups is 1. The van der Waals surface area contributed by atoms with Gasteiger partial charge in [-0.15, -0.1) is 0 Å². The Labute approximate surface area is 166 Å². The number of ether oxygens (including phenoxy) is 1. The zero-order valence-corrected chi connectivity index (χ0v) is 16.9. The highest BCUT2D eigenvalue weighted by atomic mass is 79.9. The smallest absolute Gasteiger partial charge is 0.414 e. The summed E-state index contributed by atoms with van der Waals surface area (Å²) in [6, 6.07) is 14.1. The number of amides is 1. The number of fused-ring (bicyclic) bond motifs is 1. The minimum Gasteiger partial charge on any atom is -0.444 e. The van der Waals surface area contributed by atoms with Crippen LogP contribution < -0.4 is 4.90 Å². The molecule has 0 atom stereocenters. The highest BCUT2D eigenvalue weighted by Crippen LogP contribution is 2.34. The summed E-state index contributed by atoms with van der Waals surface area (Å²) < 4.78 is 33.3. The van der Waals surface area contributed by atoms with Crippen LogP contribution in [0.4, 0.5) is 10.5 Å². The number of nitrogens with zero attached hydrogens (tertiary/aromatic N) is 2. The minimum absolute atomic E-state index is 0.0834. The van der Waals surface area contributed by atoms with E-state index in [1.807, 2.05) is 18.2 Å². The Morgan fingerprint density at radius 1 is 1.04 bits per heavy atom. The molecule has 27 heavy (non-hydrogen) atoms. The van der Waals surface area contributed by atoms with E-state index in [4.69, 9.17) is 4.74 Å². The summed E-state index contributed by atoms with van der Waals surface area (Å²) in [5, 5.41) is 0. The molecule has 6 nitrogen and oxygen atoms in total. The minimum atomic E-state index is -3.50. The van der Waals surface area contributed by atoms with E-state index in [1.54, 1.807) is 35.2 Å². The first-order valence-corrected chi connectivity index (χ1v) is 11.0. The van der Waals surface area contributed by atoms with Gasteiger partial charge in [-0.05, 0) is 43.2 Å². The summed E-state index contributed by atoms with van der Waals surface area (Å²) in [5.41, 5.74) is 1.79. The molecule has 0 bridgehead atoms. The van der Waals surface area contributed by atoms with Crippen LogP contribution >= 0.6 is 15.9 Å². The fourth-order valence-corrected chi connectivity index (χ4v) is 5.54. The molecule has 1 fully saturated rings. The fraction of sp³-hybridized carbons (Fsp3) is 0.316. The molecule has 2 aromatic carbocycles. The SMILES string of the molecule is O=C1OCc2cc(Br)ccc2N1C1CCN(S(=O)(=O)c2ccccc2)CC1. The molecule has 0 N–H and O–H groups in total. The van der Waals surface area contributed by atoms with Crippen molar-refractivity contribution >= 4 is 37.7 Å². The van der Waals surface area contributed by atoms with Gasteiger partial charge in [-0.25, -0.2) is 13.2 Å². The van der Waals surface area contributed by atoms with Crippen molar-refractivity contribution in [3.63, 3.8) is 0 Å². The van der Waals surface area contributed by atoms with Crippen molar-refractivity contribution in [2.75, 3.05) is 18.0 Å². The third-order valence-corrected chi connectivity index (χ3v) is 7.42. The lowest BCUT2D eigenvalue weighted by Crippen LogP contribution is -2.50. The molecule has 8 heteroatoms. The first kappa shape index (κ1) is 18.5. The Morgan fingerprint density at radius 2 is 1.74 bits per heavy atom. The Bertz CT molecular complexity index is 957. The largest absolute Gasteiger partial charge is 0.444 e. The zero-order chi connectivity index (χ0) is 19.0. The molecule has 2 aliphatic rings. The Hall–Kier alpha value is -1.90. The van der Waals surface area contributed by atoms with Crippen LogP contribution in [0.3, 0.4) is 0 Å². The maximum Gasteiger partial charge on any atom is 0.414 e. The molecule has 0 radical (unpaired) electrons. The van der Waals surface area contributed by atoms with Crippen molar-refractivity contribution in [1.29, 1.82) is 0 Å². The monoisotopic (exact) mass is 450 g/mol. The fourth-order valence-electron chi connectivity index (χ4n) is 3.64. The highest BCUT2D eigenvalue weighted by Gasteiger charge is 2.37. The topological polar surface area (TPSA) is 66.9 Å². The summed E-state index contributed by atoms with van der Waals surface area (Å²) in [4.78, 5) is 14.4. The number of anilines is 1. The maximum atomic E-state index is 12.8. The van der Waals surface area contributed by atoms with E-state index in [9.17, 15) is 13.2 Å². The molecule has 142 valence electrons. The van der Waals surface area contributed by atoms with Crippen molar-refractivity contribution in [2.24, 2.45) is 0 Å². The van der Waals surface area contributed by atoms with Gasteiger partial charge in [0.2, 0.25) is 10.0 Å². The van der Waals surface area contributed by atoms with Crippen LogP contribution in [0, 0.1) is 0 Å². The standard InChI is InChI=1S/C19H19BrN2O4S/c20-15-6-7-18-14(12-15)13-26-19(23)22(18)16-8-10-21(11-9-16)27(24,25)17-4-2-1-3-5-17/h1-7,12,16H,8-11,13H2. The third-order valence-electron chi connectivity index (χ3n) is 5.02. The maximum absolute atomic E-state index is 12.8. The lowest BCUT2D eigenvalue weighted by Gasteiger charge is -2.39. The lowest BCUT2D eigenvalue weighted by atomic mass is 10.0. The number of rotatable bonds is 3. The third kappa shape index (κ3) is 3.49. The molecular weight excluding hydrogens is 432 g/mol. The van der Waals surface area contributed by atoms with E-state index in [0.717, 1.165) is 15.7 Å². The van der Waals surface area contributed by atoms with Gasteiger partial charge in [-0.2, -0.15) is 4.31 Å². The highest BCUT2D eigenvalue weighted by molar-refractivity contribution is 9.10. The normalized spacial score (nSPS) is 18.9. The van der Waals surface area contributed by atoms with Gasteiger partial charge in [0.15, 0.2) is 0 Å². The molecule has 0 aliphatic carbocycles. The number of hydrogen-bond donors (Lipinski definition) is 0. The van der Waals surface area contributed by atoms with Gasteiger partial charge >= 0.3 is 6.09 Å². The van der Waals surface area contributed by atoms with Gasteiger partial charge in [0.1, 0.15) is 6.61 Å². The Balaban J connectivity index is 1.52. The van der Waals surface area contributed by atoms with Crippen molar-refractivity contribution < 1.29 is 17.9 Å². The molecule has 0 spiro atoms. The van der Waals surface area contributed by atoms with Crippen molar-refractivity contribution in [3.05, 3.63) is 58.6 Å². The van der Waals surface area contributed by atoms with Gasteiger partial charge in [0.25, 0.3) is 0 Å². The molecule has 2 heterocycles. The number of cyclic esters (lactones) is 1. The first-order valence-electron chi connectivity index (χ1n) is 8.76. The number of benzene rings is 2. The van der Waals surface area contributed by atoms with E-state index in [0.29, 0.717) is 30.8 Å². The lowest BCUT2D eigenvalue weighted by molar-refractivity contribution is 0.135. The number of carbonyl (C=O) groups excluding carboxylic acids is 1. The molecule has 4 rings (SSSR count). The van der Waals surface area contributed by atoms with E-state index in [2.05, 4.69) is 15.9 Å². The average molecular weight is 451 g/mol. The number of hydrogen-bond acceptors (Lipinski definition) is 4. The van der Waals surface area contributed by atoms with Gasteiger partial charge in [0.05, 0.1) is 10.6 Å². The van der Waals surface area contributed by atoms with Crippen LogP contribution in [0.15, 0.2) is 57.9 Å². The summed E-state index contributed by atoms with van der Waals surface area (Å²) in [5.74, 6) is 0. The summed E-state index contributed by atoms with van der Waals surface area (Å²) in [7, 11) is -3.50. The predicted molar refractivity (Wildman–Crippen MR) is 105 cm³/mol. The molecule has 1 saturated heterocycles. The molecule has 2 aliphatic heterocycles. The molecule has 0 aromatic heterocycles. The van der Waals surface area contributed by atoms with E-state index in [-0.39, 0.29) is 18.7 Å².